The molecule has 0 fully saturated rings. The Bertz CT molecular complexity index is 1230. The monoisotopic (exact) mass is 413 g/mol. The van der Waals surface area contributed by atoms with Crippen LogP contribution in [-0.2, 0) is 17.7 Å². The summed E-state index contributed by atoms with van der Waals surface area (Å²) in [5, 5.41) is 9.14. The Morgan fingerprint density at radius 3 is 2.06 bits per heavy atom. The van der Waals surface area contributed by atoms with Gasteiger partial charge in [0.1, 0.15) is 0 Å². The number of imidazole rings is 1. The summed E-state index contributed by atoms with van der Waals surface area (Å²) in [7, 11) is 1.74. The number of hydrogen-bond donors (Lipinski definition) is 1. The topological polar surface area (TPSA) is 42.9 Å². The number of fused-ring (bicyclic) bond motifs is 1. The number of ether oxygens (including phenoxy) is 1. The Labute approximate surface area is 184 Å². The summed E-state index contributed by atoms with van der Waals surface area (Å²) in [4.78, 5) is 0. The second-order valence-corrected chi connectivity index (χ2v) is 8.51. The summed E-state index contributed by atoms with van der Waals surface area (Å²) in [6.45, 7) is 7.57. The van der Waals surface area contributed by atoms with Gasteiger partial charge in [-0.15, -0.1) is 0 Å². The van der Waals surface area contributed by atoms with Gasteiger partial charge in [0.2, 0.25) is 5.62 Å². The van der Waals surface area contributed by atoms with Crippen molar-refractivity contribution in [2.24, 2.45) is 0 Å². The molecular weight excluding hydrogens is 382 g/mol. The van der Waals surface area contributed by atoms with Crippen LogP contribution in [0.1, 0.15) is 33.9 Å². The van der Waals surface area contributed by atoms with E-state index in [0.717, 1.165) is 17.5 Å². The summed E-state index contributed by atoms with van der Waals surface area (Å²) < 4.78 is 9.90. The zero-order valence-electron chi connectivity index (χ0n) is 18.9. The van der Waals surface area contributed by atoms with Crippen molar-refractivity contribution >= 4 is 11.0 Å². The quantitative estimate of drug-likeness (QED) is 0.437. The van der Waals surface area contributed by atoms with E-state index in [0.29, 0.717) is 18.8 Å². The lowest BCUT2D eigenvalue weighted by molar-refractivity contribution is 0.154. The first-order valence-corrected chi connectivity index (χ1v) is 10.8. The van der Waals surface area contributed by atoms with Crippen molar-refractivity contribution in [1.82, 2.24) is 9.13 Å². The van der Waals surface area contributed by atoms with Gasteiger partial charge in [0, 0.05) is 7.11 Å². The molecule has 0 amide bonds. The molecule has 0 aliphatic carbocycles. The highest BCUT2D eigenvalue weighted by Crippen LogP contribution is 2.24. The Hall–Kier alpha value is -3.11. The van der Waals surface area contributed by atoms with Crippen LogP contribution >= 0.6 is 0 Å². The van der Waals surface area contributed by atoms with Crippen molar-refractivity contribution in [3.05, 3.63) is 100 Å². The van der Waals surface area contributed by atoms with Gasteiger partial charge >= 0.3 is 0 Å². The highest BCUT2D eigenvalue weighted by Gasteiger charge is 2.20. The maximum absolute atomic E-state index is 9.14. The third-order valence-corrected chi connectivity index (χ3v) is 6.01. The van der Waals surface area contributed by atoms with Crippen molar-refractivity contribution in [3.8, 4) is 0 Å². The van der Waals surface area contributed by atoms with Gasteiger partial charge in [-0.05, 0) is 49.9 Å². The standard InChI is InChI=1S/C27H31N3O/c1-19-8-12-22(13-9-19)16-24(18-31-4)30-25-7-5-6-21(3)26(25)29(27(30)28)17-23-14-10-20(2)11-15-23/h5-15,24,28H,16-18H2,1-4H3/t24-/m0/s1. The minimum Gasteiger partial charge on any atom is -0.383 e. The number of nitrogens with zero attached hydrogens (tertiary/aromatic N) is 2. The van der Waals surface area contributed by atoms with Gasteiger partial charge in [0.15, 0.2) is 0 Å². The Balaban J connectivity index is 1.83. The van der Waals surface area contributed by atoms with Gasteiger partial charge in [-0.1, -0.05) is 71.8 Å². The lowest BCUT2D eigenvalue weighted by atomic mass is 10.0. The molecule has 31 heavy (non-hydrogen) atoms. The third kappa shape index (κ3) is 4.35. The second kappa shape index (κ2) is 8.94. The first-order chi connectivity index (χ1) is 15.0. The summed E-state index contributed by atoms with van der Waals surface area (Å²) in [6, 6.07) is 23.6. The van der Waals surface area contributed by atoms with E-state index in [-0.39, 0.29) is 6.04 Å². The van der Waals surface area contributed by atoms with Crippen LogP contribution < -0.4 is 5.62 Å². The molecule has 0 radical (unpaired) electrons. The van der Waals surface area contributed by atoms with E-state index in [4.69, 9.17) is 10.1 Å². The third-order valence-electron chi connectivity index (χ3n) is 6.01. The van der Waals surface area contributed by atoms with Crippen LogP contribution in [0.2, 0.25) is 0 Å². The molecule has 0 aliphatic rings. The van der Waals surface area contributed by atoms with E-state index in [2.05, 4.69) is 96.6 Å². The molecule has 4 heteroatoms. The van der Waals surface area contributed by atoms with Crippen molar-refractivity contribution in [2.45, 2.75) is 39.8 Å². The van der Waals surface area contributed by atoms with Crippen molar-refractivity contribution < 1.29 is 4.74 Å². The largest absolute Gasteiger partial charge is 0.383 e. The van der Waals surface area contributed by atoms with E-state index >= 15 is 0 Å². The van der Waals surface area contributed by atoms with Gasteiger partial charge < -0.3 is 13.9 Å². The predicted octanol–water partition coefficient (Wildman–Crippen LogP) is 5.33. The van der Waals surface area contributed by atoms with Crippen LogP contribution in [0.5, 0.6) is 0 Å². The Kier molecular flexibility index (Phi) is 6.10. The first kappa shape index (κ1) is 21.1. The summed E-state index contributed by atoms with van der Waals surface area (Å²) in [5.74, 6) is 0. The van der Waals surface area contributed by atoms with Gasteiger partial charge in [0.25, 0.3) is 0 Å². The van der Waals surface area contributed by atoms with E-state index in [9.17, 15) is 0 Å². The second-order valence-electron chi connectivity index (χ2n) is 8.51. The molecule has 3 aromatic carbocycles. The van der Waals surface area contributed by atoms with E-state index in [1.807, 2.05) is 0 Å². The molecule has 0 aliphatic heterocycles. The molecular formula is C27H31N3O. The van der Waals surface area contributed by atoms with E-state index < -0.39 is 0 Å². The molecule has 1 atom stereocenters. The van der Waals surface area contributed by atoms with Crippen LogP contribution in [0.4, 0.5) is 0 Å². The number of hydrogen-bond acceptors (Lipinski definition) is 2. The van der Waals surface area contributed by atoms with Gasteiger partial charge in [0.05, 0.1) is 30.2 Å². The fraction of sp³-hybridized carbons (Fsp3) is 0.296. The summed E-state index contributed by atoms with van der Waals surface area (Å²) in [6.07, 6.45) is 0.822. The van der Waals surface area contributed by atoms with Crippen LogP contribution in [0.15, 0.2) is 66.7 Å². The highest BCUT2D eigenvalue weighted by atomic mass is 16.5. The maximum atomic E-state index is 9.14. The zero-order valence-corrected chi connectivity index (χ0v) is 18.9. The highest BCUT2D eigenvalue weighted by molar-refractivity contribution is 5.79. The normalized spacial score (nSPS) is 12.4. The SMILES string of the molecule is COC[C@H](Cc1ccc(C)cc1)n1c(=N)n(Cc2ccc(C)cc2)c2c(C)cccc21. The molecule has 4 nitrogen and oxygen atoms in total. The van der Waals surface area contributed by atoms with Crippen molar-refractivity contribution in [1.29, 1.82) is 5.41 Å². The molecule has 1 aromatic heterocycles. The smallest absolute Gasteiger partial charge is 0.203 e. The number of methoxy groups -OCH3 is 1. The number of aromatic nitrogens is 2. The van der Waals surface area contributed by atoms with Crippen LogP contribution in [0.25, 0.3) is 11.0 Å². The van der Waals surface area contributed by atoms with Crippen LogP contribution in [0.3, 0.4) is 0 Å². The fourth-order valence-corrected chi connectivity index (χ4v) is 4.35. The van der Waals surface area contributed by atoms with Crippen LogP contribution in [-0.4, -0.2) is 22.9 Å². The molecule has 1 heterocycles. The fourth-order valence-electron chi connectivity index (χ4n) is 4.35. The van der Waals surface area contributed by atoms with E-state index in [1.165, 1.54) is 27.8 Å². The van der Waals surface area contributed by atoms with Crippen molar-refractivity contribution in [3.63, 3.8) is 0 Å². The molecule has 4 aromatic rings. The molecule has 0 saturated heterocycles. The van der Waals surface area contributed by atoms with Gasteiger partial charge in [-0.2, -0.15) is 0 Å². The zero-order chi connectivity index (χ0) is 22.0. The molecule has 0 bridgehead atoms. The number of rotatable bonds is 7. The summed E-state index contributed by atoms with van der Waals surface area (Å²) >= 11 is 0. The Morgan fingerprint density at radius 1 is 0.839 bits per heavy atom. The van der Waals surface area contributed by atoms with Crippen LogP contribution in [0, 0.1) is 26.2 Å². The number of benzene rings is 3. The van der Waals surface area contributed by atoms with E-state index in [1.54, 1.807) is 7.11 Å². The van der Waals surface area contributed by atoms with Gasteiger partial charge in [-0.25, -0.2) is 0 Å². The molecule has 0 unspecified atom stereocenters. The average molecular weight is 414 g/mol. The Morgan fingerprint density at radius 2 is 1.45 bits per heavy atom. The van der Waals surface area contributed by atoms with Crippen molar-refractivity contribution in [2.75, 3.05) is 13.7 Å². The average Bonchev–Trinajstić information content (AvgIpc) is 3.03. The molecule has 0 spiro atoms. The van der Waals surface area contributed by atoms with Gasteiger partial charge in [-0.3, -0.25) is 5.41 Å². The first-order valence-electron chi connectivity index (χ1n) is 10.8. The molecule has 0 saturated carbocycles. The molecule has 4 rings (SSSR count). The number of nitrogens with one attached hydrogen (secondary N) is 1. The molecule has 1 N–H and O–H groups in total. The summed E-state index contributed by atoms with van der Waals surface area (Å²) in [5.41, 5.74) is 8.87. The minimum atomic E-state index is 0.0452. The predicted molar refractivity (Wildman–Crippen MR) is 127 cm³/mol. The number of para-hydroxylation sites is 1. The number of aryl methyl sites for hydroxylation is 3. The lowest BCUT2D eigenvalue weighted by Gasteiger charge is -2.19. The minimum absolute atomic E-state index is 0.0452. The molecule has 160 valence electrons. The lowest BCUT2D eigenvalue weighted by Crippen LogP contribution is -2.31. The maximum Gasteiger partial charge on any atom is 0.203 e.